The molecule has 0 atom stereocenters. The third kappa shape index (κ3) is 4.81. The van der Waals surface area contributed by atoms with Crippen molar-refractivity contribution in [1.82, 2.24) is 0 Å². The van der Waals surface area contributed by atoms with Gasteiger partial charge in [-0.1, -0.05) is 72.8 Å². The van der Waals surface area contributed by atoms with Crippen molar-refractivity contribution in [2.75, 3.05) is 0 Å². The van der Waals surface area contributed by atoms with Gasteiger partial charge in [0.25, 0.3) is 0 Å². The number of benzene rings is 1. The first kappa shape index (κ1) is 17.6. The summed E-state index contributed by atoms with van der Waals surface area (Å²) in [5.74, 6) is 6.71. The highest BCUT2D eigenvalue weighted by Gasteiger charge is 2.24. The summed E-state index contributed by atoms with van der Waals surface area (Å²) in [4.78, 5) is 0. The number of rotatable bonds is 2. The fourth-order valence-electron chi connectivity index (χ4n) is 2.16. The van der Waals surface area contributed by atoms with E-state index in [1.54, 1.807) is 0 Å². The number of unbranched alkanes of at least 4 members (excludes halogenated alkanes) is 2. The minimum absolute atomic E-state index is 0.0492. The van der Waals surface area contributed by atoms with E-state index in [1.165, 1.54) is 5.56 Å². The largest absolute Gasteiger partial charge is 0.506 e. The van der Waals surface area contributed by atoms with Crippen LogP contribution in [0.3, 0.4) is 0 Å². The van der Waals surface area contributed by atoms with E-state index in [9.17, 15) is 5.11 Å². The highest BCUT2D eigenvalue weighted by molar-refractivity contribution is 5.55. The maximum atomic E-state index is 10.6. The third-order valence-electron chi connectivity index (χ3n) is 3.66. The second kappa shape index (κ2) is 6.56. The van der Waals surface area contributed by atoms with Gasteiger partial charge < -0.3 is 5.11 Å². The van der Waals surface area contributed by atoms with Gasteiger partial charge in [0.1, 0.15) is 5.75 Å². The number of phenols is 1. The van der Waals surface area contributed by atoms with Crippen molar-refractivity contribution in [2.45, 2.75) is 78.6 Å². The lowest BCUT2D eigenvalue weighted by Gasteiger charge is -2.26. The fraction of sp³-hybridized carbons (Fsp3) is 0.600. The van der Waals surface area contributed by atoms with E-state index in [0.29, 0.717) is 5.75 Å². The minimum atomic E-state index is -0.0921. The van der Waals surface area contributed by atoms with Crippen LogP contribution in [0.4, 0.5) is 0 Å². The number of phenolic OH excluding ortho intramolecular Hbond substituents is 1. The molecule has 1 aromatic rings. The van der Waals surface area contributed by atoms with Gasteiger partial charge in [-0.15, -0.1) is 0 Å². The molecule has 0 aliphatic rings. The van der Waals surface area contributed by atoms with Crippen LogP contribution in [0.5, 0.6) is 5.75 Å². The first-order chi connectivity index (χ1) is 9.57. The predicted octanol–water partition coefficient (Wildman–Crippen LogP) is 5.53. The molecule has 1 nitrogen and oxygen atoms in total. The van der Waals surface area contributed by atoms with Gasteiger partial charge in [-0.25, -0.2) is 0 Å². The van der Waals surface area contributed by atoms with Gasteiger partial charge >= 0.3 is 0 Å². The Morgan fingerprint density at radius 3 is 2.10 bits per heavy atom. The molecular weight excluding hydrogens is 256 g/mol. The van der Waals surface area contributed by atoms with Crippen molar-refractivity contribution in [1.29, 1.82) is 0 Å². The molecule has 0 bridgehead atoms. The molecule has 0 saturated heterocycles. The average Bonchev–Trinajstić information content (AvgIpc) is 2.33. The first-order valence-corrected chi connectivity index (χ1v) is 7.94. The summed E-state index contributed by atoms with van der Waals surface area (Å²) < 4.78 is 0. The molecular formula is C20H30O. The van der Waals surface area contributed by atoms with Crippen molar-refractivity contribution in [3.8, 4) is 17.6 Å². The quantitative estimate of drug-likeness (QED) is 0.560. The topological polar surface area (TPSA) is 20.2 Å². The molecule has 0 radical (unpaired) electrons. The second-order valence-corrected chi connectivity index (χ2v) is 7.83. The molecule has 0 heterocycles. The molecule has 0 spiro atoms. The SMILES string of the molecule is CCCCC#Cc1cc(C(C)(C)C)cc(C(C)(C)C)c1O. The molecule has 1 aromatic carbocycles. The number of hydrogen-bond acceptors (Lipinski definition) is 1. The lowest BCUT2D eigenvalue weighted by molar-refractivity contribution is 0.443. The van der Waals surface area contributed by atoms with Crippen LogP contribution in [0.25, 0.3) is 0 Å². The van der Waals surface area contributed by atoms with Crippen molar-refractivity contribution < 1.29 is 5.11 Å². The Morgan fingerprint density at radius 2 is 1.62 bits per heavy atom. The summed E-state index contributed by atoms with van der Waals surface area (Å²) in [6.45, 7) is 15.1. The maximum absolute atomic E-state index is 10.6. The van der Waals surface area contributed by atoms with E-state index >= 15 is 0 Å². The van der Waals surface area contributed by atoms with E-state index in [0.717, 1.165) is 30.4 Å². The zero-order chi connectivity index (χ0) is 16.3. The number of hydrogen-bond donors (Lipinski definition) is 1. The van der Waals surface area contributed by atoms with Gasteiger partial charge in [0.15, 0.2) is 0 Å². The summed E-state index contributed by atoms with van der Waals surface area (Å²) in [6.07, 6.45) is 3.15. The Balaban J connectivity index is 3.38. The van der Waals surface area contributed by atoms with Gasteiger partial charge in [0.2, 0.25) is 0 Å². The van der Waals surface area contributed by atoms with Crippen molar-refractivity contribution >= 4 is 0 Å². The van der Waals surface area contributed by atoms with Crippen LogP contribution in [0.1, 0.15) is 84.4 Å². The second-order valence-electron chi connectivity index (χ2n) is 7.83. The molecule has 1 heteroatoms. The van der Waals surface area contributed by atoms with Crippen LogP contribution < -0.4 is 0 Å². The number of aromatic hydroxyl groups is 1. The molecule has 0 aromatic heterocycles. The lowest BCUT2D eigenvalue weighted by atomic mass is 9.79. The predicted molar refractivity (Wildman–Crippen MR) is 91.9 cm³/mol. The van der Waals surface area contributed by atoms with E-state index < -0.39 is 0 Å². The zero-order valence-corrected chi connectivity index (χ0v) is 14.7. The van der Waals surface area contributed by atoms with Crippen LogP contribution >= 0.6 is 0 Å². The standard InChI is InChI=1S/C20H30O/c1-8-9-10-11-12-15-13-16(19(2,3)4)14-17(18(15)21)20(5,6)7/h13-14,21H,8-10H2,1-7H3. The zero-order valence-electron chi connectivity index (χ0n) is 14.7. The molecule has 0 saturated carbocycles. The summed E-state index contributed by atoms with van der Waals surface area (Å²) in [5.41, 5.74) is 2.93. The normalized spacial score (nSPS) is 12.0. The van der Waals surface area contributed by atoms with E-state index in [4.69, 9.17) is 0 Å². The van der Waals surface area contributed by atoms with Crippen molar-refractivity contribution in [3.05, 3.63) is 28.8 Å². The lowest BCUT2D eigenvalue weighted by Crippen LogP contribution is -2.17. The average molecular weight is 286 g/mol. The van der Waals surface area contributed by atoms with E-state index in [2.05, 4.69) is 66.4 Å². The molecule has 0 aliphatic heterocycles. The fourth-order valence-corrected chi connectivity index (χ4v) is 2.16. The molecule has 0 unspecified atom stereocenters. The summed E-state index contributed by atoms with van der Waals surface area (Å²) in [5, 5.41) is 10.6. The van der Waals surface area contributed by atoms with E-state index in [-0.39, 0.29) is 10.8 Å². The van der Waals surface area contributed by atoms with Crippen LogP contribution in [0.15, 0.2) is 12.1 Å². The van der Waals surface area contributed by atoms with Crippen molar-refractivity contribution in [3.63, 3.8) is 0 Å². The first-order valence-electron chi connectivity index (χ1n) is 7.94. The maximum Gasteiger partial charge on any atom is 0.134 e. The molecule has 0 amide bonds. The highest BCUT2D eigenvalue weighted by atomic mass is 16.3. The van der Waals surface area contributed by atoms with E-state index in [1.807, 2.05) is 6.07 Å². The Labute approximate surface area is 130 Å². The summed E-state index contributed by atoms with van der Waals surface area (Å²) >= 11 is 0. The monoisotopic (exact) mass is 286 g/mol. The van der Waals surface area contributed by atoms with Gasteiger partial charge in [0, 0.05) is 12.0 Å². The molecule has 116 valence electrons. The van der Waals surface area contributed by atoms with Crippen LogP contribution in [-0.2, 0) is 10.8 Å². The highest BCUT2D eigenvalue weighted by Crippen LogP contribution is 2.37. The van der Waals surface area contributed by atoms with Gasteiger partial charge in [-0.05, 0) is 28.9 Å². The van der Waals surface area contributed by atoms with Gasteiger partial charge in [-0.3, -0.25) is 0 Å². The molecule has 1 rings (SSSR count). The van der Waals surface area contributed by atoms with Gasteiger partial charge in [0.05, 0.1) is 5.56 Å². The Morgan fingerprint density at radius 1 is 1.00 bits per heavy atom. The Bertz CT molecular complexity index is 542. The van der Waals surface area contributed by atoms with Crippen LogP contribution in [0, 0.1) is 11.8 Å². The van der Waals surface area contributed by atoms with Gasteiger partial charge in [-0.2, -0.15) is 0 Å². The van der Waals surface area contributed by atoms with Crippen LogP contribution in [-0.4, -0.2) is 5.11 Å². The smallest absolute Gasteiger partial charge is 0.134 e. The van der Waals surface area contributed by atoms with Crippen LogP contribution in [0.2, 0.25) is 0 Å². The van der Waals surface area contributed by atoms with Crippen molar-refractivity contribution in [2.24, 2.45) is 0 Å². The minimum Gasteiger partial charge on any atom is -0.506 e. The summed E-state index contributed by atoms with van der Waals surface area (Å²) in [6, 6.07) is 4.18. The molecule has 1 N–H and O–H groups in total. The Hall–Kier alpha value is -1.42. The third-order valence-corrected chi connectivity index (χ3v) is 3.66. The summed E-state index contributed by atoms with van der Waals surface area (Å²) in [7, 11) is 0. The Kier molecular flexibility index (Phi) is 5.51. The molecule has 0 aliphatic carbocycles. The molecule has 0 fully saturated rings. The molecule has 21 heavy (non-hydrogen) atoms.